The lowest BCUT2D eigenvalue weighted by molar-refractivity contribution is 0.0171. The fourth-order valence-electron chi connectivity index (χ4n) is 2.16. The number of ether oxygens (including phenoxy) is 1. The molecule has 20 heavy (non-hydrogen) atoms. The van der Waals surface area contributed by atoms with Crippen LogP contribution >= 0.6 is 11.6 Å². The van der Waals surface area contributed by atoms with E-state index in [9.17, 15) is 5.11 Å². The summed E-state index contributed by atoms with van der Waals surface area (Å²) >= 11 is 6.06. The first-order chi connectivity index (χ1) is 9.70. The molecule has 1 aliphatic rings. The second-order valence-electron chi connectivity index (χ2n) is 4.72. The molecule has 1 fully saturated rings. The van der Waals surface area contributed by atoms with E-state index in [2.05, 4.69) is 16.3 Å². The Hall–Kier alpha value is -1.32. The average molecular weight is 296 g/mol. The van der Waals surface area contributed by atoms with Gasteiger partial charge in [-0.2, -0.15) is 5.26 Å². The summed E-state index contributed by atoms with van der Waals surface area (Å²) < 4.78 is 5.26. The lowest BCUT2D eigenvalue weighted by Gasteiger charge is -2.28. The van der Waals surface area contributed by atoms with Crippen molar-refractivity contribution >= 4 is 17.3 Å². The number of halogens is 1. The summed E-state index contributed by atoms with van der Waals surface area (Å²) in [5.41, 5.74) is 1.06. The van der Waals surface area contributed by atoms with Crippen LogP contribution in [0.5, 0.6) is 0 Å². The minimum atomic E-state index is -0.518. The number of nitrogens with one attached hydrogen (secondary N) is 1. The van der Waals surface area contributed by atoms with E-state index < -0.39 is 6.10 Å². The molecule has 1 aromatic carbocycles. The molecule has 0 saturated carbocycles. The highest BCUT2D eigenvalue weighted by Gasteiger charge is 2.15. The summed E-state index contributed by atoms with van der Waals surface area (Å²) in [6.07, 6.45) is -0.518. The number of β-amino-alcohol motifs (C(OH)–C–C–N with tert-alkyl or cyclic N) is 1. The molecule has 0 spiro atoms. The van der Waals surface area contributed by atoms with E-state index in [1.807, 2.05) is 0 Å². The van der Waals surface area contributed by atoms with Gasteiger partial charge < -0.3 is 15.2 Å². The molecular weight excluding hydrogens is 278 g/mol. The van der Waals surface area contributed by atoms with Crippen molar-refractivity contribution in [3.05, 3.63) is 28.8 Å². The summed E-state index contributed by atoms with van der Waals surface area (Å²) in [5, 5.41) is 22.6. The van der Waals surface area contributed by atoms with Crippen LogP contribution in [0.25, 0.3) is 0 Å². The van der Waals surface area contributed by atoms with Crippen molar-refractivity contribution in [2.75, 3.05) is 44.7 Å². The molecule has 0 bridgehead atoms. The van der Waals surface area contributed by atoms with E-state index in [0.29, 0.717) is 42.6 Å². The first kappa shape index (κ1) is 15.1. The van der Waals surface area contributed by atoms with E-state index in [0.717, 1.165) is 13.1 Å². The fraction of sp³-hybridized carbons (Fsp3) is 0.500. The van der Waals surface area contributed by atoms with Gasteiger partial charge in [0.25, 0.3) is 0 Å². The quantitative estimate of drug-likeness (QED) is 0.857. The summed E-state index contributed by atoms with van der Waals surface area (Å²) in [6, 6.07) is 7.24. The monoisotopic (exact) mass is 295 g/mol. The first-order valence-electron chi connectivity index (χ1n) is 6.61. The molecule has 1 saturated heterocycles. The Morgan fingerprint density at radius 1 is 1.45 bits per heavy atom. The molecule has 1 atom stereocenters. The second-order valence-corrected chi connectivity index (χ2v) is 5.13. The Labute approximate surface area is 123 Å². The fourth-order valence-corrected chi connectivity index (χ4v) is 2.40. The standard InChI is InChI=1S/C14H18ClN3O2/c15-13-3-1-2-11(8-16)14(13)17-9-12(19)10-18-4-6-20-7-5-18/h1-3,12,17,19H,4-7,9-10H2. The molecule has 5 nitrogen and oxygen atoms in total. The number of aliphatic hydroxyl groups excluding tert-OH is 1. The molecule has 1 aliphatic heterocycles. The Bertz CT molecular complexity index is 484. The van der Waals surface area contributed by atoms with Crippen LogP contribution in [0.3, 0.4) is 0 Å². The van der Waals surface area contributed by atoms with E-state index in [4.69, 9.17) is 21.6 Å². The van der Waals surface area contributed by atoms with Crippen LogP contribution in [0.4, 0.5) is 5.69 Å². The van der Waals surface area contributed by atoms with Crippen molar-refractivity contribution in [1.29, 1.82) is 5.26 Å². The van der Waals surface area contributed by atoms with Gasteiger partial charge in [0.1, 0.15) is 6.07 Å². The molecule has 2 rings (SSSR count). The van der Waals surface area contributed by atoms with Gasteiger partial charge in [0, 0.05) is 26.2 Å². The molecule has 0 aliphatic carbocycles. The van der Waals surface area contributed by atoms with E-state index >= 15 is 0 Å². The van der Waals surface area contributed by atoms with Crippen LogP contribution < -0.4 is 5.32 Å². The number of nitriles is 1. The number of para-hydroxylation sites is 1. The third-order valence-electron chi connectivity index (χ3n) is 3.22. The minimum Gasteiger partial charge on any atom is -0.390 e. The van der Waals surface area contributed by atoms with Gasteiger partial charge in [0.05, 0.1) is 35.6 Å². The van der Waals surface area contributed by atoms with Gasteiger partial charge in [-0.05, 0) is 12.1 Å². The smallest absolute Gasteiger partial charge is 0.101 e. The van der Waals surface area contributed by atoms with Crippen LogP contribution in [0.1, 0.15) is 5.56 Å². The Balaban J connectivity index is 1.87. The van der Waals surface area contributed by atoms with Crippen molar-refractivity contribution in [2.45, 2.75) is 6.10 Å². The highest BCUT2D eigenvalue weighted by atomic mass is 35.5. The van der Waals surface area contributed by atoms with Gasteiger partial charge in [0.2, 0.25) is 0 Å². The third kappa shape index (κ3) is 4.09. The lowest BCUT2D eigenvalue weighted by atomic mass is 10.2. The van der Waals surface area contributed by atoms with Crippen molar-refractivity contribution in [3.8, 4) is 6.07 Å². The number of morpholine rings is 1. The SMILES string of the molecule is N#Cc1cccc(Cl)c1NCC(O)CN1CCOCC1. The zero-order valence-corrected chi connectivity index (χ0v) is 11.9. The predicted octanol–water partition coefficient (Wildman–Crippen LogP) is 1.32. The van der Waals surface area contributed by atoms with Crippen LogP contribution in [0, 0.1) is 11.3 Å². The number of anilines is 1. The summed E-state index contributed by atoms with van der Waals surface area (Å²) in [7, 11) is 0. The molecule has 108 valence electrons. The Morgan fingerprint density at radius 2 is 2.20 bits per heavy atom. The van der Waals surface area contributed by atoms with Crippen LogP contribution in [0.2, 0.25) is 5.02 Å². The normalized spacial score (nSPS) is 17.4. The summed E-state index contributed by atoms with van der Waals surface area (Å²) in [4.78, 5) is 2.16. The lowest BCUT2D eigenvalue weighted by Crippen LogP contribution is -2.42. The van der Waals surface area contributed by atoms with E-state index in [1.165, 1.54) is 0 Å². The predicted molar refractivity (Wildman–Crippen MR) is 77.9 cm³/mol. The van der Waals surface area contributed by atoms with Gasteiger partial charge in [-0.1, -0.05) is 17.7 Å². The van der Waals surface area contributed by atoms with Crippen molar-refractivity contribution in [2.24, 2.45) is 0 Å². The Kier molecular flexibility index (Phi) is 5.62. The molecule has 2 N–H and O–H groups in total. The van der Waals surface area contributed by atoms with Crippen molar-refractivity contribution in [3.63, 3.8) is 0 Å². The molecule has 6 heteroatoms. The molecule has 0 radical (unpaired) electrons. The molecule has 1 unspecified atom stereocenters. The topological polar surface area (TPSA) is 68.5 Å². The second kappa shape index (κ2) is 7.46. The molecular formula is C14H18ClN3O2. The van der Waals surface area contributed by atoms with Gasteiger partial charge in [-0.3, -0.25) is 4.90 Å². The van der Waals surface area contributed by atoms with Gasteiger partial charge in [-0.15, -0.1) is 0 Å². The molecule has 1 heterocycles. The largest absolute Gasteiger partial charge is 0.390 e. The van der Waals surface area contributed by atoms with Gasteiger partial charge >= 0.3 is 0 Å². The number of hydrogen-bond acceptors (Lipinski definition) is 5. The zero-order chi connectivity index (χ0) is 14.4. The number of benzene rings is 1. The van der Waals surface area contributed by atoms with Gasteiger partial charge in [-0.25, -0.2) is 0 Å². The first-order valence-corrected chi connectivity index (χ1v) is 6.99. The number of rotatable bonds is 5. The maximum absolute atomic E-state index is 10.0. The van der Waals surface area contributed by atoms with E-state index in [1.54, 1.807) is 18.2 Å². The Morgan fingerprint density at radius 3 is 2.90 bits per heavy atom. The third-order valence-corrected chi connectivity index (χ3v) is 3.54. The van der Waals surface area contributed by atoms with E-state index in [-0.39, 0.29) is 0 Å². The average Bonchev–Trinajstić information content (AvgIpc) is 2.46. The zero-order valence-electron chi connectivity index (χ0n) is 11.2. The molecule has 0 aromatic heterocycles. The van der Waals surface area contributed by atoms with Crippen molar-refractivity contribution < 1.29 is 9.84 Å². The van der Waals surface area contributed by atoms with Crippen LogP contribution in [-0.4, -0.2) is 55.5 Å². The van der Waals surface area contributed by atoms with Gasteiger partial charge in [0.15, 0.2) is 0 Å². The number of nitrogens with zero attached hydrogens (tertiary/aromatic N) is 2. The highest BCUT2D eigenvalue weighted by molar-refractivity contribution is 6.33. The molecule has 0 amide bonds. The number of hydrogen-bond donors (Lipinski definition) is 2. The minimum absolute atomic E-state index is 0.357. The number of aliphatic hydroxyl groups is 1. The maximum Gasteiger partial charge on any atom is 0.101 e. The van der Waals surface area contributed by atoms with Crippen LogP contribution in [0.15, 0.2) is 18.2 Å². The van der Waals surface area contributed by atoms with Crippen LogP contribution in [-0.2, 0) is 4.74 Å². The summed E-state index contributed by atoms with van der Waals surface area (Å²) in [5.74, 6) is 0. The highest BCUT2D eigenvalue weighted by Crippen LogP contribution is 2.25. The maximum atomic E-state index is 10.0. The summed E-state index contributed by atoms with van der Waals surface area (Å²) in [6.45, 7) is 4.05. The molecule has 1 aromatic rings. The van der Waals surface area contributed by atoms with Crippen molar-refractivity contribution in [1.82, 2.24) is 4.90 Å².